The number of anilines is 1. The maximum Gasteiger partial charge on any atom is 0.261 e. The van der Waals surface area contributed by atoms with E-state index in [0.717, 1.165) is 5.56 Å². The molecule has 0 bridgehead atoms. The number of rotatable bonds is 5. The summed E-state index contributed by atoms with van der Waals surface area (Å²) in [6.45, 7) is 7.43. The molecule has 2 rings (SSSR count). The summed E-state index contributed by atoms with van der Waals surface area (Å²) in [5.41, 5.74) is 2.63. The minimum Gasteiger partial charge on any atom is -0.350 e. The highest BCUT2D eigenvalue weighted by molar-refractivity contribution is 7.92. The van der Waals surface area contributed by atoms with Crippen molar-refractivity contribution in [3.63, 3.8) is 0 Å². The second-order valence-electron chi connectivity index (χ2n) is 6.08. The Hall–Kier alpha value is -2.34. The molecular formula is C18H22N2O3S. The van der Waals surface area contributed by atoms with Crippen LogP contribution in [0.15, 0.2) is 47.4 Å². The minimum atomic E-state index is -3.66. The number of carbonyl (C=O) groups excluding carboxylic acids is 1. The van der Waals surface area contributed by atoms with E-state index in [1.165, 1.54) is 0 Å². The van der Waals surface area contributed by atoms with E-state index in [4.69, 9.17) is 0 Å². The second-order valence-corrected chi connectivity index (χ2v) is 7.76. The van der Waals surface area contributed by atoms with Gasteiger partial charge < -0.3 is 5.32 Å². The molecule has 0 radical (unpaired) electrons. The molecule has 0 saturated carbocycles. The van der Waals surface area contributed by atoms with Gasteiger partial charge in [-0.3, -0.25) is 9.52 Å². The van der Waals surface area contributed by atoms with Gasteiger partial charge in [-0.15, -0.1) is 0 Å². The first-order valence-electron chi connectivity index (χ1n) is 7.70. The minimum absolute atomic E-state index is 0.0394. The molecule has 0 heterocycles. The summed E-state index contributed by atoms with van der Waals surface area (Å²) in [6, 6.07) is 11.6. The number of sulfonamides is 1. The van der Waals surface area contributed by atoms with Gasteiger partial charge in [0.1, 0.15) is 0 Å². The van der Waals surface area contributed by atoms with E-state index in [9.17, 15) is 13.2 Å². The maximum atomic E-state index is 12.4. The van der Waals surface area contributed by atoms with Crippen LogP contribution in [0.3, 0.4) is 0 Å². The molecule has 1 amide bonds. The van der Waals surface area contributed by atoms with Crippen LogP contribution in [0.1, 0.15) is 35.3 Å². The van der Waals surface area contributed by atoms with E-state index in [2.05, 4.69) is 10.0 Å². The van der Waals surface area contributed by atoms with Gasteiger partial charge in [0.15, 0.2) is 0 Å². The fourth-order valence-electron chi connectivity index (χ4n) is 2.19. The fraction of sp³-hybridized carbons (Fsp3) is 0.278. The Balaban J connectivity index is 2.24. The van der Waals surface area contributed by atoms with Gasteiger partial charge in [0, 0.05) is 11.6 Å². The summed E-state index contributed by atoms with van der Waals surface area (Å²) in [5.74, 6) is -0.180. The molecule has 5 nitrogen and oxygen atoms in total. The molecule has 2 aromatic rings. The van der Waals surface area contributed by atoms with Gasteiger partial charge in [0.2, 0.25) is 0 Å². The molecule has 0 saturated heterocycles. The molecule has 0 aromatic heterocycles. The summed E-state index contributed by atoms with van der Waals surface area (Å²) in [4.78, 5) is 12.2. The van der Waals surface area contributed by atoms with Crippen LogP contribution < -0.4 is 10.0 Å². The lowest BCUT2D eigenvalue weighted by Gasteiger charge is -2.13. The third kappa shape index (κ3) is 4.35. The highest BCUT2D eigenvalue weighted by Gasteiger charge is 2.16. The Bertz CT molecular complexity index is 841. The van der Waals surface area contributed by atoms with Crippen molar-refractivity contribution in [2.24, 2.45) is 0 Å². The summed E-state index contributed by atoms with van der Waals surface area (Å²) >= 11 is 0. The quantitative estimate of drug-likeness (QED) is 0.873. The summed E-state index contributed by atoms with van der Waals surface area (Å²) in [5, 5.41) is 2.81. The van der Waals surface area contributed by atoms with Gasteiger partial charge in [0.05, 0.1) is 10.6 Å². The van der Waals surface area contributed by atoms with E-state index >= 15 is 0 Å². The zero-order chi connectivity index (χ0) is 17.9. The van der Waals surface area contributed by atoms with Crippen molar-refractivity contribution >= 4 is 21.6 Å². The Morgan fingerprint density at radius 1 is 1.00 bits per heavy atom. The summed E-state index contributed by atoms with van der Waals surface area (Å²) in [7, 11) is -3.66. The van der Waals surface area contributed by atoms with Crippen molar-refractivity contribution in [1.29, 1.82) is 0 Å². The van der Waals surface area contributed by atoms with Crippen LogP contribution in [0.5, 0.6) is 0 Å². The average Bonchev–Trinajstić information content (AvgIpc) is 2.49. The zero-order valence-electron chi connectivity index (χ0n) is 14.3. The predicted octanol–water partition coefficient (Wildman–Crippen LogP) is 3.24. The third-order valence-electron chi connectivity index (χ3n) is 3.48. The lowest BCUT2D eigenvalue weighted by atomic mass is 10.1. The lowest BCUT2D eigenvalue weighted by molar-refractivity contribution is 0.0943. The third-order valence-corrected chi connectivity index (χ3v) is 4.87. The van der Waals surface area contributed by atoms with Crippen LogP contribution in [0.25, 0.3) is 0 Å². The van der Waals surface area contributed by atoms with Gasteiger partial charge in [0.25, 0.3) is 15.9 Å². The Kier molecular flexibility index (Phi) is 5.29. The lowest BCUT2D eigenvalue weighted by Crippen LogP contribution is -2.30. The van der Waals surface area contributed by atoms with Crippen molar-refractivity contribution < 1.29 is 13.2 Å². The number of aryl methyl sites for hydroxylation is 2. The Morgan fingerprint density at radius 3 is 2.17 bits per heavy atom. The predicted molar refractivity (Wildman–Crippen MR) is 95.8 cm³/mol. The fourth-order valence-corrected chi connectivity index (χ4v) is 3.32. The van der Waals surface area contributed by atoms with E-state index in [0.29, 0.717) is 16.8 Å². The molecule has 0 unspecified atom stereocenters. The van der Waals surface area contributed by atoms with E-state index in [-0.39, 0.29) is 16.8 Å². The van der Waals surface area contributed by atoms with Crippen molar-refractivity contribution in [3.8, 4) is 0 Å². The molecule has 0 spiro atoms. The van der Waals surface area contributed by atoms with Gasteiger partial charge >= 0.3 is 0 Å². The molecule has 0 aliphatic rings. The topological polar surface area (TPSA) is 75.3 Å². The number of amides is 1. The molecular weight excluding hydrogens is 324 g/mol. The molecule has 2 aromatic carbocycles. The maximum absolute atomic E-state index is 12.4. The molecule has 2 N–H and O–H groups in total. The monoisotopic (exact) mass is 346 g/mol. The van der Waals surface area contributed by atoms with Crippen LogP contribution >= 0.6 is 0 Å². The highest BCUT2D eigenvalue weighted by atomic mass is 32.2. The molecule has 128 valence electrons. The van der Waals surface area contributed by atoms with Crippen LogP contribution in [-0.2, 0) is 10.0 Å². The van der Waals surface area contributed by atoms with Crippen LogP contribution in [0, 0.1) is 13.8 Å². The van der Waals surface area contributed by atoms with Crippen molar-refractivity contribution in [1.82, 2.24) is 5.32 Å². The molecule has 0 aliphatic carbocycles. The van der Waals surface area contributed by atoms with Gasteiger partial charge in [-0.05, 0) is 63.6 Å². The van der Waals surface area contributed by atoms with Crippen LogP contribution in [-0.4, -0.2) is 20.4 Å². The van der Waals surface area contributed by atoms with Crippen LogP contribution in [0.4, 0.5) is 5.69 Å². The van der Waals surface area contributed by atoms with E-state index < -0.39 is 10.0 Å². The average molecular weight is 346 g/mol. The molecule has 6 heteroatoms. The SMILES string of the molecule is Cc1ccc(S(=O)(=O)Nc2ccc(C(=O)NC(C)C)cc2C)cc1. The second kappa shape index (κ2) is 7.05. The number of hydrogen-bond donors (Lipinski definition) is 2. The largest absolute Gasteiger partial charge is 0.350 e. The summed E-state index contributed by atoms with van der Waals surface area (Å²) in [6.07, 6.45) is 0. The zero-order valence-corrected chi connectivity index (χ0v) is 15.1. The smallest absolute Gasteiger partial charge is 0.261 e. The summed E-state index contributed by atoms with van der Waals surface area (Å²) < 4.78 is 27.4. The number of benzene rings is 2. The first-order valence-corrected chi connectivity index (χ1v) is 9.18. The van der Waals surface area contributed by atoms with Crippen LogP contribution in [0.2, 0.25) is 0 Å². The molecule has 24 heavy (non-hydrogen) atoms. The first kappa shape index (κ1) is 18.0. The number of hydrogen-bond acceptors (Lipinski definition) is 3. The van der Waals surface area contributed by atoms with Gasteiger partial charge in [-0.25, -0.2) is 8.42 Å². The number of carbonyl (C=O) groups is 1. The number of nitrogens with one attached hydrogen (secondary N) is 2. The first-order chi connectivity index (χ1) is 11.2. The van der Waals surface area contributed by atoms with Gasteiger partial charge in [-0.1, -0.05) is 17.7 Å². The van der Waals surface area contributed by atoms with Crippen molar-refractivity contribution in [3.05, 3.63) is 59.2 Å². The van der Waals surface area contributed by atoms with E-state index in [1.807, 2.05) is 20.8 Å². The molecule has 0 fully saturated rings. The molecule has 0 atom stereocenters. The highest BCUT2D eigenvalue weighted by Crippen LogP contribution is 2.21. The Labute approximate surface area is 143 Å². The standard InChI is InChI=1S/C18H22N2O3S/c1-12(2)19-18(21)15-7-10-17(14(4)11-15)20-24(22,23)16-8-5-13(3)6-9-16/h5-12,20H,1-4H3,(H,19,21). The Morgan fingerprint density at radius 2 is 1.62 bits per heavy atom. The van der Waals surface area contributed by atoms with E-state index in [1.54, 1.807) is 49.4 Å². The van der Waals surface area contributed by atoms with Crippen molar-refractivity contribution in [2.75, 3.05) is 4.72 Å². The molecule has 0 aliphatic heterocycles. The normalized spacial score (nSPS) is 11.4. The van der Waals surface area contributed by atoms with Crippen molar-refractivity contribution in [2.45, 2.75) is 38.6 Å². The van der Waals surface area contributed by atoms with Gasteiger partial charge in [-0.2, -0.15) is 0 Å².